The minimum absolute atomic E-state index is 0.0238. The molecule has 1 unspecified atom stereocenters. The fraction of sp³-hybridized carbons (Fsp3) is 0.594. The van der Waals surface area contributed by atoms with Crippen LogP contribution >= 0.6 is 0 Å². The van der Waals surface area contributed by atoms with Crippen LogP contribution < -0.4 is 10.6 Å². The van der Waals surface area contributed by atoms with Gasteiger partial charge in [-0.1, -0.05) is 83.2 Å². The highest BCUT2D eigenvalue weighted by atomic mass is 19.1. The summed E-state index contributed by atoms with van der Waals surface area (Å²) in [4.78, 5) is 31.8. The second-order valence-electron chi connectivity index (χ2n) is 11.9. The molecule has 5 rings (SSSR count). The van der Waals surface area contributed by atoms with Gasteiger partial charge in [0.15, 0.2) is 0 Å². The molecule has 1 atom stereocenters. The van der Waals surface area contributed by atoms with Gasteiger partial charge in [0.1, 0.15) is 23.7 Å². The molecule has 2 saturated carbocycles. The van der Waals surface area contributed by atoms with Crippen molar-refractivity contribution in [3.8, 4) is 11.1 Å². The number of H-pyrrole nitrogens is 1. The number of carbonyl (C=O) groups excluding carboxylic acids is 2. The zero-order valence-corrected chi connectivity index (χ0v) is 25.0. The molecule has 2 aliphatic carbocycles. The van der Waals surface area contributed by atoms with E-state index in [4.69, 9.17) is 4.52 Å². The third-order valence-corrected chi connectivity index (χ3v) is 9.29. The number of nitrogens with zero attached hydrogens (tertiary/aromatic N) is 3. The van der Waals surface area contributed by atoms with Gasteiger partial charge in [0.25, 0.3) is 5.91 Å². The Balaban J connectivity index is 1.46. The van der Waals surface area contributed by atoms with Crippen LogP contribution in [0.4, 0.5) is 10.2 Å². The van der Waals surface area contributed by atoms with E-state index in [9.17, 15) is 9.59 Å². The predicted octanol–water partition coefficient (Wildman–Crippen LogP) is 6.55. The van der Waals surface area contributed by atoms with Gasteiger partial charge >= 0.3 is 0 Å². The fourth-order valence-corrected chi connectivity index (χ4v) is 7.21. The van der Waals surface area contributed by atoms with Crippen LogP contribution in [0.3, 0.4) is 0 Å². The lowest BCUT2D eigenvalue weighted by molar-refractivity contribution is -0.121. The third kappa shape index (κ3) is 6.42. The molecule has 2 amide bonds. The predicted molar refractivity (Wildman–Crippen MR) is 158 cm³/mol. The maximum Gasteiger partial charge on any atom is 0.257 e. The highest BCUT2D eigenvalue weighted by Gasteiger charge is 2.41. The maximum absolute atomic E-state index is 15.4. The summed E-state index contributed by atoms with van der Waals surface area (Å²) in [7, 11) is 0. The summed E-state index contributed by atoms with van der Waals surface area (Å²) in [6.07, 6.45) is 13.6. The van der Waals surface area contributed by atoms with Gasteiger partial charge in [0.05, 0.1) is 11.4 Å². The average molecular weight is 579 g/mol. The molecule has 3 aromatic rings. The van der Waals surface area contributed by atoms with Gasteiger partial charge in [-0.15, -0.1) is 0 Å². The van der Waals surface area contributed by atoms with E-state index in [0.29, 0.717) is 47.1 Å². The smallest absolute Gasteiger partial charge is 0.257 e. The highest BCUT2D eigenvalue weighted by Crippen LogP contribution is 2.42. The largest absolute Gasteiger partial charge is 0.364 e. The second kappa shape index (κ2) is 13.6. The summed E-state index contributed by atoms with van der Waals surface area (Å²) in [6, 6.07) is 2.45. The molecule has 9 nitrogen and oxygen atoms in total. The number of amides is 2. The molecule has 0 saturated heterocycles. The molecular formula is C32H43FN6O3. The van der Waals surface area contributed by atoms with Gasteiger partial charge in [0, 0.05) is 16.8 Å². The number of pyridine rings is 1. The molecule has 0 radical (unpaired) electrons. The van der Waals surface area contributed by atoms with E-state index in [1.165, 1.54) is 19.1 Å². The molecule has 3 aromatic heterocycles. The molecule has 3 N–H and O–H groups in total. The van der Waals surface area contributed by atoms with Crippen LogP contribution in [0.1, 0.15) is 105 Å². The van der Waals surface area contributed by atoms with Crippen LogP contribution in [0.25, 0.3) is 11.1 Å². The standard InChI is InChI=1S/C32H43FN6O3/c1-4-24-23(18-42-39-24)31(40)36-29(28(20-12-8-6-9-13-20)21-14-10-7-11-15-21)32(41)35-26-17-16-22(30(33)34-26)27-19(3)37-38-25(27)5-2/h16-18,20-21,28-29H,4-15H2,1-3H3,(H,36,40)(H,37,38)(H,34,35,41). The fourth-order valence-electron chi connectivity index (χ4n) is 7.21. The normalized spacial score (nSPS) is 17.4. The van der Waals surface area contributed by atoms with Crippen molar-refractivity contribution in [2.24, 2.45) is 17.8 Å². The number of aromatic nitrogens is 4. The summed E-state index contributed by atoms with van der Waals surface area (Å²) in [5.74, 6) is -0.673. The van der Waals surface area contributed by atoms with Crippen LogP contribution in [-0.4, -0.2) is 38.2 Å². The van der Waals surface area contributed by atoms with Gasteiger partial charge in [-0.3, -0.25) is 14.7 Å². The number of hydrogen-bond donors (Lipinski definition) is 3. The molecule has 3 heterocycles. The quantitative estimate of drug-likeness (QED) is 0.234. The molecule has 226 valence electrons. The number of rotatable bonds is 10. The van der Waals surface area contributed by atoms with E-state index in [1.807, 2.05) is 20.8 Å². The van der Waals surface area contributed by atoms with Crippen molar-refractivity contribution in [3.63, 3.8) is 0 Å². The number of halogens is 1. The van der Waals surface area contributed by atoms with Crippen LogP contribution in [0.2, 0.25) is 0 Å². The van der Waals surface area contributed by atoms with E-state index >= 15 is 4.39 Å². The van der Waals surface area contributed by atoms with Crippen molar-refractivity contribution in [3.05, 3.63) is 47.0 Å². The number of aryl methyl sites for hydroxylation is 3. The second-order valence-corrected chi connectivity index (χ2v) is 11.9. The number of nitrogens with one attached hydrogen (secondary N) is 3. The van der Waals surface area contributed by atoms with Crippen molar-refractivity contribution in [1.82, 2.24) is 25.7 Å². The van der Waals surface area contributed by atoms with Crippen molar-refractivity contribution >= 4 is 17.6 Å². The van der Waals surface area contributed by atoms with Crippen molar-refractivity contribution in [2.45, 2.75) is 104 Å². The summed E-state index contributed by atoms with van der Waals surface area (Å²) >= 11 is 0. The Morgan fingerprint density at radius 1 is 1.00 bits per heavy atom. The van der Waals surface area contributed by atoms with Crippen molar-refractivity contribution in [2.75, 3.05) is 5.32 Å². The van der Waals surface area contributed by atoms with Gasteiger partial charge in [-0.2, -0.15) is 9.49 Å². The Hall–Kier alpha value is -3.56. The first-order chi connectivity index (χ1) is 20.4. The van der Waals surface area contributed by atoms with Gasteiger partial charge in [-0.05, 0) is 49.7 Å². The third-order valence-electron chi connectivity index (χ3n) is 9.29. The Bertz CT molecular complexity index is 1350. The Labute approximate surface area is 246 Å². The topological polar surface area (TPSA) is 126 Å². The first-order valence-electron chi connectivity index (χ1n) is 15.7. The van der Waals surface area contributed by atoms with Crippen LogP contribution in [-0.2, 0) is 17.6 Å². The summed E-state index contributed by atoms with van der Waals surface area (Å²) in [5, 5.41) is 17.1. The minimum Gasteiger partial charge on any atom is -0.364 e. The number of carbonyl (C=O) groups is 2. The summed E-state index contributed by atoms with van der Waals surface area (Å²) in [6.45, 7) is 5.72. The molecule has 10 heteroatoms. The Morgan fingerprint density at radius 2 is 1.64 bits per heavy atom. The van der Waals surface area contributed by atoms with Crippen LogP contribution in [0.15, 0.2) is 22.9 Å². The van der Waals surface area contributed by atoms with E-state index in [1.54, 1.807) is 12.1 Å². The average Bonchev–Trinajstić information content (AvgIpc) is 3.64. The Morgan fingerprint density at radius 3 is 2.24 bits per heavy atom. The molecule has 0 bridgehead atoms. The number of aromatic amines is 1. The summed E-state index contributed by atoms with van der Waals surface area (Å²) in [5.41, 5.74) is 3.45. The lowest BCUT2D eigenvalue weighted by atomic mass is 9.66. The van der Waals surface area contributed by atoms with E-state index < -0.39 is 12.0 Å². The molecule has 2 fully saturated rings. The summed E-state index contributed by atoms with van der Waals surface area (Å²) < 4.78 is 20.5. The number of anilines is 1. The molecule has 0 aliphatic heterocycles. The molecule has 0 spiro atoms. The van der Waals surface area contributed by atoms with Crippen LogP contribution in [0.5, 0.6) is 0 Å². The van der Waals surface area contributed by atoms with Gasteiger partial charge < -0.3 is 15.2 Å². The lowest BCUT2D eigenvalue weighted by Gasteiger charge is -2.41. The van der Waals surface area contributed by atoms with Crippen molar-refractivity contribution < 1.29 is 18.5 Å². The zero-order chi connectivity index (χ0) is 29.6. The van der Waals surface area contributed by atoms with E-state index in [-0.39, 0.29) is 23.6 Å². The number of hydrogen-bond acceptors (Lipinski definition) is 6. The van der Waals surface area contributed by atoms with Crippen LogP contribution in [0, 0.1) is 30.6 Å². The lowest BCUT2D eigenvalue weighted by Crippen LogP contribution is -2.53. The maximum atomic E-state index is 15.4. The molecular weight excluding hydrogens is 535 g/mol. The van der Waals surface area contributed by atoms with Gasteiger partial charge in [-0.25, -0.2) is 4.98 Å². The molecule has 0 aromatic carbocycles. The van der Waals surface area contributed by atoms with E-state index in [2.05, 4.69) is 31.0 Å². The first-order valence-corrected chi connectivity index (χ1v) is 15.7. The Kier molecular flexibility index (Phi) is 9.69. The first kappa shape index (κ1) is 29.9. The minimum atomic E-state index is -0.796. The van der Waals surface area contributed by atoms with Gasteiger partial charge in [0.2, 0.25) is 11.9 Å². The zero-order valence-electron chi connectivity index (χ0n) is 25.0. The van der Waals surface area contributed by atoms with Crippen molar-refractivity contribution in [1.29, 1.82) is 0 Å². The monoisotopic (exact) mass is 578 g/mol. The van der Waals surface area contributed by atoms with E-state index in [0.717, 1.165) is 62.8 Å². The SMILES string of the molecule is CCc1nocc1C(=O)NC(C(=O)Nc1ccc(-c2c(CC)n[nH]c2C)c(F)n1)C(C1CCCCC1)C1CCCCC1. The molecule has 2 aliphatic rings. The highest BCUT2D eigenvalue weighted by molar-refractivity contribution is 6.01. The molecule has 42 heavy (non-hydrogen) atoms.